The molecule has 216 valence electrons. The summed E-state index contributed by atoms with van der Waals surface area (Å²) in [5.74, 6) is 3.16. The smallest absolute Gasteiger partial charge is 0.260 e. The van der Waals surface area contributed by atoms with Crippen LogP contribution in [0.1, 0.15) is 49.7 Å². The summed E-state index contributed by atoms with van der Waals surface area (Å²) in [6, 6.07) is 12.3. The maximum atomic E-state index is 13.0. The average molecular weight is 615 g/mol. The summed E-state index contributed by atoms with van der Waals surface area (Å²) in [4.78, 5) is 14.6. The first-order valence-corrected chi connectivity index (χ1v) is 17.3. The number of methoxy groups -OCH3 is 1. The number of nitrogens with zero attached hydrogens (tertiary/aromatic N) is 2. The van der Waals surface area contributed by atoms with Crippen LogP contribution < -0.4 is 9.47 Å². The van der Waals surface area contributed by atoms with Crippen molar-refractivity contribution in [1.82, 2.24) is 9.21 Å². The SMILES string of the molecule is CCCCSC(SCCCC)c1ccc(OCC(=O)N2CCN(S(=O)(=O)c3ccccc3Cl)CC2)c(OC)c1. The number of hydrogen-bond donors (Lipinski definition) is 0. The van der Waals surface area contributed by atoms with Crippen LogP contribution in [0.2, 0.25) is 5.02 Å². The van der Waals surface area contributed by atoms with Crippen molar-refractivity contribution in [2.75, 3.05) is 51.4 Å². The number of amides is 1. The Kier molecular flexibility index (Phi) is 13.1. The largest absolute Gasteiger partial charge is 0.493 e. The number of benzene rings is 2. The van der Waals surface area contributed by atoms with Crippen molar-refractivity contribution in [3.8, 4) is 11.5 Å². The van der Waals surface area contributed by atoms with Gasteiger partial charge in [-0.3, -0.25) is 4.79 Å². The molecule has 0 unspecified atom stereocenters. The predicted molar refractivity (Wildman–Crippen MR) is 163 cm³/mol. The van der Waals surface area contributed by atoms with E-state index in [0.29, 0.717) is 16.1 Å². The normalized spacial score (nSPS) is 14.5. The molecule has 3 rings (SSSR count). The maximum Gasteiger partial charge on any atom is 0.260 e. The van der Waals surface area contributed by atoms with Crippen molar-refractivity contribution in [2.24, 2.45) is 0 Å². The second kappa shape index (κ2) is 16.0. The molecule has 0 radical (unpaired) electrons. The lowest BCUT2D eigenvalue weighted by molar-refractivity contribution is -0.134. The molecule has 1 amide bonds. The van der Waals surface area contributed by atoms with Gasteiger partial charge in [0, 0.05) is 26.2 Å². The van der Waals surface area contributed by atoms with Gasteiger partial charge in [0.1, 0.15) is 4.90 Å². The molecule has 0 spiro atoms. The molecule has 1 aliphatic heterocycles. The van der Waals surface area contributed by atoms with E-state index in [1.165, 1.54) is 41.6 Å². The molecular weight excluding hydrogens is 576 g/mol. The molecular formula is C28H39ClN2O5S3. The summed E-state index contributed by atoms with van der Waals surface area (Å²) in [5.41, 5.74) is 1.18. The topological polar surface area (TPSA) is 76.2 Å². The Morgan fingerprint density at radius 3 is 2.21 bits per heavy atom. The molecule has 0 saturated carbocycles. The lowest BCUT2D eigenvalue weighted by Gasteiger charge is -2.34. The Balaban J connectivity index is 1.58. The van der Waals surface area contributed by atoms with Gasteiger partial charge in [-0.2, -0.15) is 4.31 Å². The average Bonchev–Trinajstić information content (AvgIpc) is 2.95. The van der Waals surface area contributed by atoms with E-state index in [9.17, 15) is 13.2 Å². The molecule has 39 heavy (non-hydrogen) atoms. The molecule has 2 aromatic rings. The van der Waals surface area contributed by atoms with Gasteiger partial charge >= 0.3 is 0 Å². The first-order chi connectivity index (χ1) is 18.8. The molecule has 0 N–H and O–H groups in total. The van der Waals surface area contributed by atoms with E-state index in [1.807, 2.05) is 35.7 Å². The number of sulfonamides is 1. The van der Waals surface area contributed by atoms with E-state index in [-0.39, 0.29) is 48.6 Å². The molecule has 0 aromatic heterocycles. The summed E-state index contributed by atoms with van der Waals surface area (Å²) in [6.07, 6.45) is 4.73. The maximum absolute atomic E-state index is 13.0. The van der Waals surface area contributed by atoms with Crippen molar-refractivity contribution in [3.05, 3.63) is 53.1 Å². The Hall–Kier alpha value is -1.59. The molecule has 2 aromatic carbocycles. The van der Waals surface area contributed by atoms with Crippen LogP contribution in [0.25, 0.3) is 0 Å². The molecule has 11 heteroatoms. The Morgan fingerprint density at radius 1 is 0.974 bits per heavy atom. The molecule has 0 bridgehead atoms. The minimum atomic E-state index is -3.72. The summed E-state index contributed by atoms with van der Waals surface area (Å²) in [5, 5.41) is 0.190. The van der Waals surface area contributed by atoms with Crippen molar-refractivity contribution < 1.29 is 22.7 Å². The Bertz CT molecular complexity index is 1160. The van der Waals surface area contributed by atoms with E-state index < -0.39 is 10.0 Å². The summed E-state index contributed by atoms with van der Waals surface area (Å²) < 4.78 is 39.2. The Labute approximate surface area is 247 Å². The van der Waals surface area contributed by atoms with Crippen LogP contribution in [0.4, 0.5) is 0 Å². The third kappa shape index (κ3) is 8.95. The van der Waals surface area contributed by atoms with Crippen molar-refractivity contribution in [3.63, 3.8) is 0 Å². The zero-order valence-corrected chi connectivity index (χ0v) is 26.1. The third-order valence-corrected chi connectivity index (χ3v) is 11.8. The Morgan fingerprint density at radius 2 is 1.62 bits per heavy atom. The highest BCUT2D eigenvalue weighted by atomic mass is 35.5. The minimum Gasteiger partial charge on any atom is -0.493 e. The standard InChI is InChI=1S/C28H39ClN2O5S3/c1-4-6-18-37-28(38-19-7-5-2)22-12-13-24(25(20-22)35-3)36-21-27(32)30-14-16-31(17-15-30)39(33,34)26-11-9-8-10-23(26)29/h8-13,20,28H,4-7,14-19,21H2,1-3H3. The first kappa shape index (κ1) is 31.9. The van der Waals surface area contributed by atoms with Crippen LogP contribution >= 0.6 is 35.1 Å². The zero-order valence-electron chi connectivity index (χ0n) is 22.9. The molecule has 1 fully saturated rings. The van der Waals surface area contributed by atoms with Gasteiger partial charge in [-0.25, -0.2) is 8.42 Å². The second-order valence-electron chi connectivity index (χ2n) is 9.19. The second-order valence-corrected chi connectivity index (χ2v) is 14.2. The molecule has 1 heterocycles. The molecule has 0 aliphatic carbocycles. The van der Waals surface area contributed by atoms with Crippen LogP contribution in [-0.4, -0.2) is 74.9 Å². The lowest BCUT2D eigenvalue weighted by Crippen LogP contribution is -2.51. The summed E-state index contributed by atoms with van der Waals surface area (Å²) in [6.45, 7) is 5.24. The van der Waals surface area contributed by atoms with Gasteiger partial charge in [-0.15, -0.1) is 23.5 Å². The van der Waals surface area contributed by atoms with Gasteiger partial charge in [0.05, 0.1) is 16.7 Å². The van der Waals surface area contributed by atoms with Crippen LogP contribution in [-0.2, 0) is 14.8 Å². The number of thioether (sulfide) groups is 2. The fourth-order valence-electron chi connectivity index (χ4n) is 4.06. The van der Waals surface area contributed by atoms with E-state index in [4.69, 9.17) is 21.1 Å². The monoisotopic (exact) mass is 614 g/mol. The zero-order chi connectivity index (χ0) is 28.3. The minimum absolute atomic E-state index is 0.0834. The van der Waals surface area contributed by atoms with Gasteiger partial charge in [-0.1, -0.05) is 56.5 Å². The van der Waals surface area contributed by atoms with Gasteiger partial charge in [-0.05, 0) is 54.2 Å². The van der Waals surface area contributed by atoms with Gasteiger partial charge in [0.2, 0.25) is 10.0 Å². The van der Waals surface area contributed by atoms with Crippen molar-refractivity contribution in [2.45, 2.75) is 49.0 Å². The van der Waals surface area contributed by atoms with Crippen LogP contribution in [0.3, 0.4) is 0 Å². The van der Waals surface area contributed by atoms with E-state index in [1.54, 1.807) is 30.2 Å². The number of carbonyl (C=O) groups is 1. The molecule has 1 aliphatic rings. The number of hydrogen-bond acceptors (Lipinski definition) is 7. The van der Waals surface area contributed by atoms with E-state index in [2.05, 4.69) is 19.9 Å². The van der Waals surface area contributed by atoms with Crippen LogP contribution in [0, 0.1) is 0 Å². The number of rotatable bonds is 15. The fraction of sp³-hybridized carbons (Fsp3) is 0.536. The highest BCUT2D eigenvalue weighted by molar-refractivity contribution is 8.16. The van der Waals surface area contributed by atoms with Crippen LogP contribution in [0.15, 0.2) is 47.4 Å². The van der Waals surface area contributed by atoms with Gasteiger partial charge in [0.15, 0.2) is 18.1 Å². The number of halogens is 1. The number of piperazine rings is 1. The molecule has 7 nitrogen and oxygen atoms in total. The van der Waals surface area contributed by atoms with Crippen molar-refractivity contribution in [1.29, 1.82) is 0 Å². The highest BCUT2D eigenvalue weighted by Gasteiger charge is 2.31. The molecule has 0 atom stereocenters. The number of carbonyl (C=O) groups excluding carboxylic acids is 1. The number of unbranched alkanes of at least 4 members (excludes halogenated alkanes) is 2. The molecule has 1 saturated heterocycles. The van der Waals surface area contributed by atoms with Gasteiger partial charge < -0.3 is 14.4 Å². The highest BCUT2D eigenvalue weighted by Crippen LogP contribution is 2.43. The summed E-state index contributed by atoms with van der Waals surface area (Å²) in [7, 11) is -2.11. The van der Waals surface area contributed by atoms with E-state index in [0.717, 1.165) is 11.5 Å². The fourth-order valence-corrected chi connectivity index (χ4v) is 8.96. The lowest BCUT2D eigenvalue weighted by atomic mass is 10.2. The van der Waals surface area contributed by atoms with Gasteiger partial charge in [0.25, 0.3) is 5.91 Å². The quantitative estimate of drug-likeness (QED) is 0.171. The predicted octanol–water partition coefficient (Wildman–Crippen LogP) is 6.33. The van der Waals surface area contributed by atoms with Crippen LogP contribution in [0.5, 0.6) is 11.5 Å². The third-order valence-electron chi connectivity index (χ3n) is 6.39. The first-order valence-electron chi connectivity index (χ1n) is 13.4. The van der Waals surface area contributed by atoms with E-state index >= 15 is 0 Å². The summed E-state index contributed by atoms with van der Waals surface area (Å²) >= 11 is 10.0. The number of ether oxygens (including phenoxy) is 2. The van der Waals surface area contributed by atoms with Crippen molar-refractivity contribution >= 4 is 51.1 Å².